The van der Waals surface area contributed by atoms with Crippen molar-refractivity contribution in [3.05, 3.63) is 0 Å². The Kier molecular flexibility index (Phi) is 5.51. The van der Waals surface area contributed by atoms with Gasteiger partial charge in [-0.15, -0.1) is 0 Å². The first kappa shape index (κ1) is 10.9. The molecule has 0 amide bonds. The lowest BCUT2D eigenvalue weighted by Gasteiger charge is -2.29. The van der Waals surface area contributed by atoms with Gasteiger partial charge in [-0.2, -0.15) is 0 Å². The Labute approximate surface area is 71.2 Å². The van der Waals surface area contributed by atoms with Crippen molar-refractivity contribution < 1.29 is 4.48 Å². The van der Waals surface area contributed by atoms with Gasteiger partial charge in [-0.05, 0) is 13.0 Å². The van der Waals surface area contributed by atoms with Crippen molar-refractivity contribution in [2.45, 2.75) is 20.3 Å². The highest BCUT2D eigenvalue weighted by molar-refractivity contribution is 4.41. The molecule has 0 unspecified atom stereocenters. The molecule has 0 aliphatic heterocycles. The third-order valence-electron chi connectivity index (χ3n) is 1.97. The standard InChI is InChI=1S/C9H23N2/c1-5-8-11(3,4)9-7-10-6-2/h10H,5-9H2,1-4H3/q+1. The summed E-state index contributed by atoms with van der Waals surface area (Å²) in [5.74, 6) is 0. The minimum absolute atomic E-state index is 1.09. The van der Waals surface area contributed by atoms with E-state index in [9.17, 15) is 0 Å². The van der Waals surface area contributed by atoms with E-state index < -0.39 is 0 Å². The van der Waals surface area contributed by atoms with Gasteiger partial charge >= 0.3 is 0 Å². The summed E-state index contributed by atoms with van der Waals surface area (Å²) in [5, 5.41) is 3.35. The van der Waals surface area contributed by atoms with Crippen LogP contribution >= 0.6 is 0 Å². The van der Waals surface area contributed by atoms with Crippen molar-refractivity contribution >= 4 is 0 Å². The highest BCUT2D eigenvalue weighted by Gasteiger charge is 2.11. The van der Waals surface area contributed by atoms with Gasteiger partial charge in [0.1, 0.15) is 0 Å². The van der Waals surface area contributed by atoms with E-state index in [4.69, 9.17) is 0 Å². The Hall–Kier alpha value is -0.0800. The number of likely N-dealkylation sites (N-methyl/N-ethyl adjacent to an activating group) is 2. The molecule has 0 aromatic carbocycles. The average Bonchev–Trinajstić information content (AvgIpc) is 1.87. The molecule has 0 aromatic rings. The van der Waals surface area contributed by atoms with Crippen LogP contribution in [0.25, 0.3) is 0 Å². The van der Waals surface area contributed by atoms with Crippen LogP contribution in [0.15, 0.2) is 0 Å². The predicted molar refractivity (Wildman–Crippen MR) is 50.7 cm³/mol. The molecule has 0 aromatic heterocycles. The maximum atomic E-state index is 3.35. The van der Waals surface area contributed by atoms with Gasteiger partial charge < -0.3 is 9.80 Å². The minimum Gasteiger partial charge on any atom is -0.327 e. The Morgan fingerprint density at radius 3 is 2.18 bits per heavy atom. The van der Waals surface area contributed by atoms with Crippen molar-refractivity contribution in [2.24, 2.45) is 0 Å². The monoisotopic (exact) mass is 159 g/mol. The zero-order valence-electron chi connectivity index (χ0n) is 8.48. The van der Waals surface area contributed by atoms with Crippen molar-refractivity contribution in [1.29, 1.82) is 0 Å². The van der Waals surface area contributed by atoms with Gasteiger partial charge in [-0.25, -0.2) is 0 Å². The van der Waals surface area contributed by atoms with E-state index in [2.05, 4.69) is 33.3 Å². The van der Waals surface area contributed by atoms with E-state index >= 15 is 0 Å². The van der Waals surface area contributed by atoms with Gasteiger partial charge in [-0.3, -0.25) is 0 Å². The van der Waals surface area contributed by atoms with Crippen LogP contribution in [0, 0.1) is 0 Å². The lowest BCUT2D eigenvalue weighted by Crippen LogP contribution is -2.44. The molecule has 2 heteroatoms. The quantitative estimate of drug-likeness (QED) is 0.452. The third kappa shape index (κ3) is 6.32. The fourth-order valence-corrected chi connectivity index (χ4v) is 1.28. The summed E-state index contributed by atoms with van der Waals surface area (Å²) < 4.78 is 1.14. The second kappa shape index (κ2) is 5.56. The Morgan fingerprint density at radius 2 is 1.73 bits per heavy atom. The van der Waals surface area contributed by atoms with Crippen molar-refractivity contribution in [3.8, 4) is 0 Å². The lowest BCUT2D eigenvalue weighted by molar-refractivity contribution is -0.889. The van der Waals surface area contributed by atoms with E-state index in [0.29, 0.717) is 0 Å². The van der Waals surface area contributed by atoms with Crippen LogP contribution in [0.3, 0.4) is 0 Å². The van der Waals surface area contributed by atoms with Gasteiger partial charge in [0.25, 0.3) is 0 Å². The molecule has 0 radical (unpaired) electrons. The maximum Gasteiger partial charge on any atom is 0.0909 e. The van der Waals surface area contributed by atoms with Crippen molar-refractivity contribution in [3.63, 3.8) is 0 Å². The molecule has 0 aliphatic rings. The Balaban J connectivity index is 3.38. The molecule has 2 nitrogen and oxygen atoms in total. The molecule has 0 heterocycles. The molecular formula is C9H23N2+. The molecule has 0 saturated carbocycles. The van der Waals surface area contributed by atoms with E-state index in [1.807, 2.05) is 0 Å². The van der Waals surface area contributed by atoms with Crippen molar-refractivity contribution in [2.75, 3.05) is 40.3 Å². The zero-order chi connectivity index (χ0) is 8.74. The fraction of sp³-hybridized carbons (Fsp3) is 1.00. The van der Waals surface area contributed by atoms with Gasteiger partial charge in [0.15, 0.2) is 0 Å². The van der Waals surface area contributed by atoms with E-state index in [0.717, 1.165) is 17.6 Å². The summed E-state index contributed by atoms with van der Waals surface area (Å²) in [5.41, 5.74) is 0. The van der Waals surface area contributed by atoms with Crippen LogP contribution in [-0.2, 0) is 0 Å². The second-order valence-electron chi connectivity index (χ2n) is 3.74. The summed E-state index contributed by atoms with van der Waals surface area (Å²) in [7, 11) is 4.58. The summed E-state index contributed by atoms with van der Waals surface area (Å²) >= 11 is 0. The molecule has 0 saturated heterocycles. The molecule has 11 heavy (non-hydrogen) atoms. The number of nitrogens with zero attached hydrogens (tertiary/aromatic N) is 1. The van der Waals surface area contributed by atoms with E-state index in [1.165, 1.54) is 19.5 Å². The molecule has 0 aliphatic carbocycles. The summed E-state index contributed by atoms with van der Waals surface area (Å²) in [4.78, 5) is 0. The SMILES string of the molecule is CCC[N+](C)(C)CCNCC. The topological polar surface area (TPSA) is 12.0 Å². The first-order chi connectivity index (χ1) is 5.12. The third-order valence-corrected chi connectivity index (χ3v) is 1.97. The molecule has 68 valence electrons. The van der Waals surface area contributed by atoms with Crippen LogP contribution in [0.4, 0.5) is 0 Å². The van der Waals surface area contributed by atoms with Crippen LogP contribution < -0.4 is 5.32 Å². The summed E-state index contributed by atoms with van der Waals surface area (Å²) in [6.07, 6.45) is 1.28. The zero-order valence-corrected chi connectivity index (χ0v) is 8.48. The van der Waals surface area contributed by atoms with E-state index in [-0.39, 0.29) is 0 Å². The van der Waals surface area contributed by atoms with Crippen LogP contribution in [0.2, 0.25) is 0 Å². The molecule has 0 rings (SSSR count). The molecule has 0 bridgehead atoms. The highest BCUT2D eigenvalue weighted by atomic mass is 15.3. The number of hydrogen-bond donors (Lipinski definition) is 1. The molecule has 0 spiro atoms. The van der Waals surface area contributed by atoms with Crippen LogP contribution in [0.1, 0.15) is 20.3 Å². The van der Waals surface area contributed by atoms with Gasteiger partial charge in [0.05, 0.1) is 27.2 Å². The maximum absolute atomic E-state index is 3.35. The molecule has 0 fully saturated rings. The summed E-state index contributed by atoms with van der Waals surface area (Å²) in [6, 6.07) is 0. The van der Waals surface area contributed by atoms with Crippen LogP contribution in [-0.4, -0.2) is 44.8 Å². The summed E-state index contributed by atoms with van der Waals surface area (Å²) in [6.45, 7) is 9.15. The smallest absolute Gasteiger partial charge is 0.0909 e. The van der Waals surface area contributed by atoms with E-state index in [1.54, 1.807) is 0 Å². The van der Waals surface area contributed by atoms with Crippen LogP contribution in [0.5, 0.6) is 0 Å². The Morgan fingerprint density at radius 1 is 1.09 bits per heavy atom. The fourth-order valence-electron chi connectivity index (χ4n) is 1.28. The number of rotatable bonds is 6. The minimum atomic E-state index is 1.09. The second-order valence-corrected chi connectivity index (χ2v) is 3.74. The normalized spacial score (nSPS) is 12.0. The largest absolute Gasteiger partial charge is 0.327 e. The van der Waals surface area contributed by atoms with Gasteiger partial charge in [0.2, 0.25) is 0 Å². The first-order valence-electron chi connectivity index (χ1n) is 4.65. The number of quaternary nitrogens is 1. The molecule has 1 N–H and O–H groups in total. The lowest BCUT2D eigenvalue weighted by atomic mass is 10.3. The first-order valence-corrected chi connectivity index (χ1v) is 4.65. The predicted octanol–water partition coefficient (Wildman–Crippen LogP) is 1.08. The van der Waals surface area contributed by atoms with Crippen molar-refractivity contribution in [1.82, 2.24) is 5.32 Å². The molecular weight excluding hydrogens is 136 g/mol. The highest BCUT2D eigenvalue weighted by Crippen LogP contribution is 1.96. The number of nitrogens with one attached hydrogen (secondary N) is 1. The Bertz CT molecular complexity index is 89.6. The van der Waals surface area contributed by atoms with Gasteiger partial charge in [0, 0.05) is 6.54 Å². The number of hydrogen-bond acceptors (Lipinski definition) is 1. The average molecular weight is 159 g/mol. The van der Waals surface area contributed by atoms with Gasteiger partial charge in [-0.1, -0.05) is 13.8 Å². The molecule has 0 atom stereocenters.